The second-order valence-electron chi connectivity index (χ2n) is 4.76. The molecular weight excluding hydrogens is 299 g/mol. The number of halogens is 3. The van der Waals surface area contributed by atoms with Gasteiger partial charge in [0.05, 0.1) is 17.7 Å². The summed E-state index contributed by atoms with van der Waals surface area (Å²) in [7, 11) is 0. The SMILES string of the molecule is C=C(Cn1cnc(-c2cc(C)cc(C(F)(F)F)c2)n1)C(=O)O. The third-order valence-corrected chi connectivity index (χ3v) is 2.85. The van der Waals surface area contributed by atoms with E-state index in [1.807, 2.05) is 0 Å². The maximum absolute atomic E-state index is 12.8. The second kappa shape index (κ2) is 5.63. The van der Waals surface area contributed by atoms with E-state index in [9.17, 15) is 18.0 Å². The number of hydrogen-bond acceptors (Lipinski definition) is 3. The molecule has 2 aromatic rings. The van der Waals surface area contributed by atoms with Crippen molar-refractivity contribution < 1.29 is 23.1 Å². The molecule has 0 aliphatic rings. The highest BCUT2D eigenvalue weighted by molar-refractivity contribution is 5.85. The molecule has 0 bridgehead atoms. The topological polar surface area (TPSA) is 68.0 Å². The average Bonchev–Trinajstić information content (AvgIpc) is 2.85. The third kappa shape index (κ3) is 3.51. The Hall–Kier alpha value is -2.64. The maximum Gasteiger partial charge on any atom is 0.416 e. The van der Waals surface area contributed by atoms with Crippen LogP contribution in [0.5, 0.6) is 0 Å². The summed E-state index contributed by atoms with van der Waals surface area (Å²) in [6, 6.07) is 3.52. The van der Waals surface area contributed by atoms with Crippen LogP contribution in [0.1, 0.15) is 11.1 Å². The van der Waals surface area contributed by atoms with Gasteiger partial charge in [0.15, 0.2) is 5.82 Å². The molecule has 0 aliphatic heterocycles. The zero-order chi connectivity index (χ0) is 16.5. The molecule has 0 saturated carbocycles. The number of hydrogen-bond donors (Lipinski definition) is 1. The van der Waals surface area contributed by atoms with E-state index < -0.39 is 17.7 Å². The highest BCUT2D eigenvalue weighted by Crippen LogP contribution is 2.32. The van der Waals surface area contributed by atoms with Gasteiger partial charge in [0.1, 0.15) is 6.33 Å². The van der Waals surface area contributed by atoms with Crippen LogP contribution in [0.4, 0.5) is 13.2 Å². The van der Waals surface area contributed by atoms with E-state index >= 15 is 0 Å². The number of carbonyl (C=O) groups is 1. The van der Waals surface area contributed by atoms with E-state index in [4.69, 9.17) is 5.11 Å². The van der Waals surface area contributed by atoms with Crippen molar-refractivity contribution >= 4 is 5.97 Å². The van der Waals surface area contributed by atoms with E-state index in [2.05, 4.69) is 16.7 Å². The van der Waals surface area contributed by atoms with Crippen molar-refractivity contribution in [3.05, 3.63) is 47.8 Å². The van der Waals surface area contributed by atoms with E-state index in [1.165, 1.54) is 17.1 Å². The quantitative estimate of drug-likeness (QED) is 0.882. The van der Waals surface area contributed by atoms with Gasteiger partial charge in [-0.15, -0.1) is 0 Å². The number of nitrogens with zero attached hydrogens (tertiary/aromatic N) is 3. The number of aryl methyl sites for hydroxylation is 1. The molecule has 5 nitrogen and oxygen atoms in total. The largest absolute Gasteiger partial charge is 0.478 e. The molecule has 2 rings (SSSR count). The van der Waals surface area contributed by atoms with Crippen LogP contribution in [0, 0.1) is 6.92 Å². The Morgan fingerprint density at radius 3 is 2.64 bits per heavy atom. The molecule has 1 heterocycles. The van der Waals surface area contributed by atoms with Gasteiger partial charge in [-0.05, 0) is 30.7 Å². The lowest BCUT2D eigenvalue weighted by Crippen LogP contribution is -2.08. The zero-order valence-corrected chi connectivity index (χ0v) is 11.6. The lowest BCUT2D eigenvalue weighted by atomic mass is 10.1. The number of benzene rings is 1. The van der Waals surface area contributed by atoms with Gasteiger partial charge in [0, 0.05) is 5.56 Å². The lowest BCUT2D eigenvalue weighted by molar-refractivity contribution is -0.137. The van der Waals surface area contributed by atoms with Gasteiger partial charge in [-0.2, -0.15) is 18.3 Å². The summed E-state index contributed by atoms with van der Waals surface area (Å²) in [6.45, 7) is 4.80. The summed E-state index contributed by atoms with van der Waals surface area (Å²) in [4.78, 5) is 14.6. The molecule has 0 saturated heterocycles. The van der Waals surface area contributed by atoms with Crippen LogP contribution in [0.15, 0.2) is 36.7 Å². The molecule has 0 amide bonds. The first-order chi connectivity index (χ1) is 10.2. The number of carboxylic acid groups (broad SMARTS) is 1. The Bertz CT molecular complexity index is 735. The summed E-state index contributed by atoms with van der Waals surface area (Å²) in [6.07, 6.45) is -3.21. The van der Waals surface area contributed by atoms with E-state index in [-0.39, 0.29) is 23.5 Å². The molecule has 1 N–H and O–H groups in total. The minimum Gasteiger partial charge on any atom is -0.478 e. The predicted molar refractivity (Wildman–Crippen MR) is 72.0 cm³/mol. The molecule has 0 atom stereocenters. The fourth-order valence-corrected chi connectivity index (χ4v) is 1.84. The molecule has 22 heavy (non-hydrogen) atoms. The van der Waals surface area contributed by atoms with Crippen molar-refractivity contribution in [1.82, 2.24) is 14.8 Å². The van der Waals surface area contributed by atoms with Gasteiger partial charge in [0.25, 0.3) is 0 Å². The summed E-state index contributed by atoms with van der Waals surface area (Å²) in [5.41, 5.74) is -0.242. The van der Waals surface area contributed by atoms with Gasteiger partial charge in [-0.3, -0.25) is 0 Å². The van der Waals surface area contributed by atoms with Gasteiger partial charge >= 0.3 is 12.1 Å². The molecule has 0 fully saturated rings. The Labute approximate surface area is 123 Å². The first-order valence-electron chi connectivity index (χ1n) is 6.16. The molecule has 116 valence electrons. The monoisotopic (exact) mass is 311 g/mol. The highest BCUT2D eigenvalue weighted by atomic mass is 19.4. The van der Waals surface area contributed by atoms with Crippen LogP contribution < -0.4 is 0 Å². The molecular formula is C14H12F3N3O2. The number of alkyl halides is 3. The number of aliphatic carboxylic acids is 1. The minimum absolute atomic E-state index is 0.0902. The molecule has 1 aromatic heterocycles. The predicted octanol–water partition coefficient (Wildman–Crippen LogP) is 2.91. The molecule has 0 aliphatic carbocycles. The Balaban J connectivity index is 2.33. The Kier molecular flexibility index (Phi) is 4.03. The van der Waals surface area contributed by atoms with Crippen molar-refractivity contribution in [2.45, 2.75) is 19.6 Å². The second-order valence-corrected chi connectivity index (χ2v) is 4.76. The molecule has 0 unspecified atom stereocenters. The molecule has 1 aromatic carbocycles. The number of aromatic nitrogens is 3. The number of carboxylic acids is 1. The van der Waals surface area contributed by atoms with E-state index in [0.717, 1.165) is 12.1 Å². The minimum atomic E-state index is -4.46. The van der Waals surface area contributed by atoms with Gasteiger partial charge in [-0.25, -0.2) is 14.5 Å². The Morgan fingerprint density at radius 1 is 1.36 bits per heavy atom. The van der Waals surface area contributed by atoms with Gasteiger partial charge in [-0.1, -0.05) is 6.58 Å². The average molecular weight is 311 g/mol. The van der Waals surface area contributed by atoms with Crippen LogP contribution in [0.2, 0.25) is 0 Å². The lowest BCUT2D eigenvalue weighted by Gasteiger charge is -2.09. The fraction of sp³-hybridized carbons (Fsp3) is 0.214. The summed E-state index contributed by atoms with van der Waals surface area (Å²) >= 11 is 0. The number of rotatable bonds is 4. The van der Waals surface area contributed by atoms with Crippen LogP contribution >= 0.6 is 0 Å². The van der Waals surface area contributed by atoms with Crippen LogP contribution in [0.3, 0.4) is 0 Å². The summed E-state index contributed by atoms with van der Waals surface area (Å²) in [5, 5.41) is 12.7. The highest BCUT2D eigenvalue weighted by Gasteiger charge is 2.31. The zero-order valence-electron chi connectivity index (χ0n) is 11.6. The molecule has 0 spiro atoms. The molecule has 0 radical (unpaired) electrons. The van der Waals surface area contributed by atoms with E-state index in [1.54, 1.807) is 6.92 Å². The fourth-order valence-electron chi connectivity index (χ4n) is 1.84. The first kappa shape index (κ1) is 15.7. The third-order valence-electron chi connectivity index (χ3n) is 2.85. The van der Waals surface area contributed by atoms with Crippen molar-refractivity contribution in [2.75, 3.05) is 0 Å². The van der Waals surface area contributed by atoms with Gasteiger partial charge < -0.3 is 5.11 Å². The van der Waals surface area contributed by atoms with Crippen LogP contribution in [0.25, 0.3) is 11.4 Å². The summed E-state index contributed by atoms with van der Waals surface area (Å²) in [5.74, 6) is -1.08. The van der Waals surface area contributed by atoms with E-state index in [0.29, 0.717) is 5.56 Å². The first-order valence-corrected chi connectivity index (χ1v) is 6.16. The standard InChI is InChI=1S/C14H12F3N3O2/c1-8-3-10(5-11(4-8)14(15,16)17)12-18-7-20(19-12)6-9(2)13(21)22/h3-5,7H,2,6H2,1H3,(H,21,22). The molecule has 8 heteroatoms. The van der Waals surface area contributed by atoms with Crippen molar-refractivity contribution in [3.8, 4) is 11.4 Å². The van der Waals surface area contributed by atoms with Crippen molar-refractivity contribution in [2.24, 2.45) is 0 Å². The smallest absolute Gasteiger partial charge is 0.416 e. The normalized spacial score (nSPS) is 11.5. The van der Waals surface area contributed by atoms with Crippen molar-refractivity contribution in [3.63, 3.8) is 0 Å². The van der Waals surface area contributed by atoms with Crippen molar-refractivity contribution in [1.29, 1.82) is 0 Å². The summed E-state index contributed by atoms with van der Waals surface area (Å²) < 4.78 is 39.6. The van der Waals surface area contributed by atoms with Gasteiger partial charge in [0.2, 0.25) is 0 Å². The van der Waals surface area contributed by atoms with Crippen LogP contribution in [-0.2, 0) is 17.5 Å². The maximum atomic E-state index is 12.8. The Morgan fingerprint density at radius 2 is 2.05 bits per heavy atom. The van der Waals surface area contributed by atoms with Crippen LogP contribution in [-0.4, -0.2) is 25.8 Å².